The highest BCUT2D eigenvalue weighted by Gasteiger charge is 2.28. The number of unbranched alkanes of at least 4 members (excludes halogenated alkanes) is 26. The first-order valence-corrected chi connectivity index (χ1v) is 22.9. The smallest absolute Gasteiger partial charge is 0.249 e. The molecule has 53 heavy (non-hydrogen) atoms. The van der Waals surface area contributed by atoms with Crippen LogP contribution in [0.5, 0.6) is 0 Å². The quantitative estimate of drug-likeness (QED) is 0.0316. The van der Waals surface area contributed by atoms with Gasteiger partial charge in [0.05, 0.1) is 18.8 Å². The van der Waals surface area contributed by atoms with Gasteiger partial charge in [0, 0.05) is 0 Å². The summed E-state index contributed by atoms with van der Waals surface area (Å²) in [5, 5.41) is 43.6. The molecule has 0 saturated heterocycles. The van der Waals surface area contributed by atoms with Crippen LogP contribution < -0.4 is 5.32 Å². The Hall–Kier alpha value is -1.47. The lowest BCUT2D eigenvalue weighted by atomic mass is 10.00. The average molecular weight is 748 g/mol. The molecule has 6 heteroatoms. The molecule has 0 spiro atoms. The highest BCUT2D eigenvalue weighted by Crippen LogP contribution is 2.15. The number of amides is 1. The van der Waals surface area contributed by atoms with E-state index >= 15 is 0 Å². The monoisotopic (exact) mass is 748 g/mol. The minimum atomic E-state index is -1.29. The molecule has 0 aromatic carbocycles. The summed E-state index contributed by atoms with van der Waals surface area (Å²) in [6.45, 7) is 4.03. The Labute approximate surface area is 328 Å². The molecule has 0 aromatic heterocycles. The molecule has 4 atom stereocenters. The highest BCUT2D eigenvalue weighted by molar-refractivity contribution is 5.80. The van der Waals surface area contributed by atoms with Gasteiger partial charge < -0.3 is 25.7 Å². The molecular weight excluding hydrogens is 659 g/mol. The van der Waals surface area contributed by atoms with Gasteiger partial charge in [0.2, 0.25) is 5.91 Å². The molecule has 0 radical (unpaired) electrons. The molecule has 6 nitrogen and oxygen atoms in total. The van der Waals surface area contributed by atoms with Gasteiger partial charge in [0.25, 0.3) is 0 Å². The third-order valence-electron chi connectivity index (χ3n) is 10.6. The predicted molar refractivity (Wildman–Crippen MR) is 228 cm³/mol. The van der Waals surface area contributed by atoms with Crippen molar-refractivity contribution >= 4 is 5.91 Å². The molecule has 1 amide bonds. The first-order valence-electron chi connectivity index (χ1n) is 22.9. The maximum atomic E-state index is 12.5. The molecule has 0 bridgehead atoms. The molecule has 5 N–H and O–H groups in total. The number of carbonyl (C=O) groups excluding carboxylic acids is 1. The van der Waals surface area contributed by atoms with Crippen LogP contribution in [0, 0.1) is 0 Å². The molecule has 0 saturated carbocycles. The topological polar surface area (TPSA) is 110 Å². The van der Waals surface area contributed by atoms with Crippen LogP contribution in [-0.2, 0) is 4.79 Å². The molecule has 0 aliphatic heterocycles. The Bertz CT molecular complexity index is 843. The summed E-state index contributed by atoms with van der Waals surface area (Å²) in [4.78, 5) is 12.5. The van der Waals surface area contributed by atoms with Crippen LogP contribution in [0.25, 0.3) is 0 Å². The first-order chi connectivity index (χ1) is 26.0. The van der Waals surface area contributed by atoms with Gasteiger partial charge in [-0.3, -0.25) is 4.79 Å². The van der Waals surface area contributed by atoms with E-state index in [1.807, 2.05) is 0 Å². The van der Waals surface area contributed by atoms with Crippen LogP contribution in [0.15, 0.2) is 36.5 Å². The number of allylic oxidation sites excluding steroid dienone is 6. The van der Waals surface area contributed by atoms with E-state index in [1.165, 1.54) is 141 Å². The molecule has 312 valence electrons. The van der Waals surface area contributed by atoms with E-state index in [9.17, 15) is 25.2 Å². The van der Waals surface area contributed by atoms with Crippen molar-refractivity contribution in [2.75, 3.05) is 6.61 Å². The van der Waals surface area contributed by atoms with Gasteiger partial charge >= 0.3 is 0 Å². The largest absolute Gasteiger partial charge is 0.394 e. The lowest BCUT2D eigenvalue weighted by molar-refractivity contribution is -0.132. The lowest BCUT2D eigenvalue weighted by Gasteiger charge is -2.27. The lowest BCUT2D eigenvalue weighted by Crippen LogP contribution is -2.53. The number of hydrogen-bond donors (Lipinski definition) is 5. The van der Waals surface area contributed by atoms with E-state index in [4.69, 9.17) is 0 Å². The molecule has 0 rings (SSSR count). The third-order valence-corrected chi connectivity index (χ3v) is 10.6. The van der Waals surface area contributed by atoms with Crippen molar-refractivity contribution in [3.8, 4) is 0 Å². The minimum absolute atomic E-state index is 0.361. The van der Waals surface area contributed by atoms with Gasteiger partial charge in [0.15, 0.2) is 0 Å². The summed E-state index contributed by atoms with van der Waals surface area (Å²) in [7, 11) is 0. The summed E-state index contributed by atoms with van der Waals surface area (Å²) < 4.78 is 0. The van der Waals surface area contributed by atoms with Crippen molar-refractivity contribution < 1.29 is 25.2 Å². The Morgan fingerprint density at radius 1 is 0.453 bits per heavy atom. The number of hydrogen-bond acceptors (Lipinski definition) is 5. The SMILES string of the molecule is CCCCCCCCCCCC/C=C/CC/C=C/CC/C=C/CCCC(O)C(O)C(CO)NC(=O)C(O)CCCCCCCCCCCCCCCC. The molecular formula is C47H89NO5. The molecule has 0 aliphatic carbocycles. The minimum Gasteiger partial charge on any atom is -0.394 e. The van der Waals surface area contributed by atoms with E-state index in [0.29, 0.717) is 19.3 Å². The second-order valence-electron chi connectivity index (χ2n) is 15.7. The fourth-order valence-corrected chi connectivity index (χ4v) is 6.91. The zero-order chi connectivity index (χ0) is 38.9. The fourth-order valence-electron chi connectivity index (χ4n) is 6.91. The Morgan fingerprint density at radius 2 is 0.792 bits per heavy atom. The molecule has 0 fully saturated rings. The summed E-state index contributed by atoms with van der Waals surface area (Å²) in [5.41, 5.74) is 0. The molecule has 0 aromatic rings. The normalized spacial score (nSPS) is 14.5. The van der Waals surface area contributed by atoms with Gasteiger partial charge in [-0.05, 0) is 64.2 Å². The molecule has 0 heterocycles. The second kappa shape index (κ2) is 41.7. The number of aliphatic hydroxyl groups is 4. The van der Waals surface area contributed by atoms with E-state index in [1.54, 1.807) is 0 Å². The van der Waals surface area contributed by atoms with Crippen LogP contribution in [-0.4, -0.2) is 57.3 Å². The zero-order valence-electron chi connectivity index (χ0n) is 35.0. The van der Waals surface area contributed by atoms with Crippen molar-refractivity contribution in [2.45, 2.75) is 250 Å². The van der Waals surface area contributed by atoms with Crippen LogP contribution >= 0.6 is 0 Å². The van der Waals surface area contributed by atoms with Crippen molar-refractivity contribution in [3.63, 3.8) is 0 Å². The van der Waals surface area contributed by atoms with Crippen LogP contribution in [0.1, 0.15) is 226 Å². The number of nitrogens with one attached hydrogen (secondary N) is 1. The Balaban J connectivity index is 3.80. The summed E-state index contributed by atoms with van der Waals surface area (Å²) in [6, 6.07) is -1.01. The average Bonchev–Trinajstić information content (AvgIpc) is 3.16. The molecule has 4 unspecified atom stereocenters. The van der Waals surface area contributed by atoms with Crippen molar-refractivity contribution in [1.29, 1.82) is 0 Å². The Kier molecular flexibility index (Phi) is 40.5. The molecule has 0 aliphatic rings. The fraction of sp³-hybridized carbons (Fsp3) is 0.851. The zero-order valence-corrected chi connectivity index (χ0v) is 35.0. The van der Waals surface area contributed by atoms with Gasteiger partial charge in [-0.1, -0.05) is 198 Å². The van der Waals surface area contributed by atoms with E-state index in [0.717, 1.165) is 51.4 Å². The van der Waals surface area contributed by atoms with Gasteiger partial charge in [-0.15, -0.1) is 0 Å². The van der Waals surface area contributed by atoms with E-state index in [-0.39, 0.29) is 0 Å². The van der Waals surface area contributed by atoms with Crippen LogP contribution in [0.4, 0.5) is 0 Å². The maximum absolute atomic E-state index is 12.5. The Morgan fingerprint density at radius 3 is 1.19 bits per heavy atom. The van der Waals surface area contributed by atoms with Crippen molar-refractivity contribution in [2.24, 2.45) is 0 Å². The van der Waals surface area contributed by atoms with E-state index in [2.05, 4.69) is 55.6 Å². The first kappa shape index (κ1) is 51.5. The maximum Gasteiger partial charge on any atom is 0.249 e. The third kappa shape index (κ3) is 36.0. The summed E-state index contributed by atoms with van der Waals surface area (Å²) in [5.74, 6) is -0.599. The summed E-state index contributed by atoms with van der Waals surface area (Å²) in [6.07, 6.45) is 48.9. The van der Waals surface area contributed by atoms with Crippen LogP contribution in [0.2, 0.25) is 0 Å². The summed E-state index contributed by atoms with van der Waals surface area (Å²) >= 11 is 0. The standard InChI is InChI=1S/C47H89NO5/c1-3-5-7-9-11-13-15-17-19-20-21-22-23-24-25-26-27-29-30-32-34-36-38-40-44(50)46(52)43(42-49)48-47(53)45(51)41-39-37-35-33-31-28-18-16-14-12-10-8-6-4-2/h22-23,26-27,32,34,43-46,49-52H,3-21,24-25,28-31,33,35-42H2,1-2H3,(H,48,53)/b23-22+,27-26+,34-32+. The highest BCUT2D eigenvalue weighted by atomic mass is 16.3. The second-order valence-corrected chi connectivity index (χ2v) is 15.7. The number of aliphatic hydroxyl groups excluding tert-OH is 4. The number of rotatable bonds is 41. The van der Waals surface area contributed by atoms with Crippen molar-refractivity contribution in [1.82, 2.24) is 5.32 Å². The predicted octanol–water partition coefficient (Wildman–Crippen LogP) is 12.1. The number of carbonyl (C=O) groups is 1. The van der Waals surface area contributed by atoms with E-state index < -0.39 is 36.9 Å². The van der Waals surface area contributed by atoms with Crippen LogP contribution in [0.3, 0.4) is 0 Å². The van der Waals surface area contributed by atoms with Crippen molar-refractivity contribution in [3.05, 3.63) is 36.5 Å². The van der Waals surface area contributed by atoms with Gasteiger partial charge in [0.1, 0.15) is 12.2 Å². The van der Waals surface area contributed by atoms with Gasteiger partial charge in [-0.2, -0.15) is 0 Å². The van der Waals surface area contributed by atoms with Gasteiger partial charge in [-0.25, -0.2) is 0 Å².